The van der Waals surface area contributed by atoms with Crippen molar-refractivity contribution in [2.24, 2.45) is 0 Å². The van der Waals surface area contributed by atoms with E-state index >= 15 is 0 Å². The molecular weight excluding hydrogens is 370 g/mol. The van der Waals surface area contributed by atoms with Crippen LogP contribution in [0.2, 0.25) is 0 Å². The Bertz CT molecular complexity index is 925. The molecule has 0 fully saturated rings. The Hall–Kier alpha value is -2.82. The first kappa shape index (κ1) is 19.0. The number of nitrogens with zero attached hydrogens (tertiary/aromatic N) is 5. The molecule has 0 unspecified atom stereocenters. The summed E-state index contributed by atoms with van der Waals surface area (Å²) in [6, 6.07) is 2.91. The monoisotopic (exact) mass is 385 g/mol. The molecule has 144 valence electrons. The smallest absolute Gasteiger partial charge is 0.418 e. The molecule has 11 heteroatoms. The van der Waals surface area contributed by atoms with Crippen LogP contribution in [0.3, 0.4) is 0 Å². The van der Waals surface area contributed by atoms with E-state index in [9.17, 15) is 17.6 Å². The number of rotatable bonds is 7. The summed E-state index contributed by atoms with van der Waals surface area (Å²) in [6.45, 7) is 1.16. The van der Waals surface area contributed by atoms with Gasteiger partial charge in [0.25, 0.3) is 5.92 Å². The maximum atomic E-state index is 14.0. The minimum absolute atomic E-state index is 0.00854. The Morgan fingerprint density at radius 1 is 1.07 bits per heavy atom. The lowest BCUT2D eigenvalue weighted by molar-refractivity contribution is -0.251. The molecular formula is C16H15F4N5O2. The summed E-state index contributed by atoms with van der Waals surface area (Å²) in [5.41, 5.74) is 0.883. The highest BCUT2D eigenvalue weighted by Crippen LogP contribution is 2.29. The van der Waals surface area contributed by atoms with Gasteiger partial charge in [0, 0.05) is 30.9 Å². The first-order valence-corrected chi connectivity index (χ1v) is 7.90. The van der Waals surface area contributed by atoms with E-state index in [1.54, 1.807) is 0 Å². The number of fused-ring (bicyclic) bond motifs is 1. The van der Waals surface area contributed by atoms with Crippen LogP contribution >= 0.6 is 0 Å². The van der Waals surface area contributed by atoms with Gasteiger partial charge in [-0.25, -0.2) is 13.8 Å². The van der Waals surface area contributed by atoms with Crippen LogP contribution in [0.15, 0.2) is 30.7 Å². The van der Waals surface area contributed by atoms with Crippen LogP contribution in [-0.2, 0) is 10.8 Å². The number of hydrogen-bond donors (Lipinski definition) is 0. The lowest BCUT2D eigenvalue weighted by Gasteiger charge is -2.13. The number of ether oxygens (including phenoxy) is 2. The van der Waals surface area contributed by atoms with E-state index in [0.717, 1.165) is 11.3 Å². The lowest BCUT2D eigenvalue weighted by Crippen LogP contribution is -2.21. The summed E-state index contributed by atoms with van der Waals surface area (Å²) < 4.78 is 64.1. The molecule has 0 N–H and O–H groups in total. The quantitative estimate of drug-likeness (QED) is 0.581. The summed E-state index contributed by atoms with van der Waals surface area (Å²) in [5.74, 6) is -3.65. The third-order valence-corrected chi connectivity index (χ3v) is 3.38. The van der Waals surface area contributed by atoms with Crippen LogP contribution in [0, 0.1) is 0 Å². The van der Waals surface area contributed by atoms with Crippen molar-refractivity contribution in [1.29, 1.82) is 0 Å². The maximum Gasteiger partial charge on any atom is 0.418 e. The van der Waals surface area contributed by atoms with E-state index in [0.29, 0.717) is 11.3 Å². The maximum absolute atomic E-state index is 14.0. The molecule has 0 saturated carbocycles. The van der Waals surface area contributed by atoms with Gasteiger partial charge in [-0.1, -0.05) is 0 Å². The van der Waals surface area contributed by atoms with Gasteiger partial charge in [0.15, 0.2) is 12.3 Å². The zero-order valence-electron chi connectivity index (χ0n) is 14.4. The predicted molar refractivity (Wildman–Crippen MR) is 85.6 cm³/mol. The Morgan fingerprint density at radius 3 is 2.48 bits per heavy atom. The van der Waals surface area contributed by atoms with Gasteiger partial charge in [0.2, 0.25) is 11.7 Å². The third-order valence-electron chi connectivity index (χ3n) is 3.38. The second-order valence-corrected chi connectivity index (χ2v) is 5.72. The van der Waals surface area contributed by atoms with Gasteiger partial charge < -0.3 is 9.47 Å². The van der Waals surface area contributed by atoms with Crippen molar-refractivity contribution in [1.82, 2.24) is 24.6 Å². The Morgan fingerprint density at radius 2 is 1.85 bits per heavy atom. The Balaban J connectivity index is 1.89. The largest absolute Gasteiger partial charge is 0.471 e. The minimum Gasteiger partial charge on any atom is -0.471 e. The summed E-state index contributed by atoms with van der Waals surface area (Å²) >= 11 is 0. The summed E-state index contributed by atoms with van der Waals surface area (Å²) in [5, 5.41) is 7.12. The molecule has 7 nitrogen and oxygen atoms in total. The molecule has 0 atom stereocenters. The standard InChI is InChI=1S/C16H15F4N5O2/c1-3-27-16(19,20)14-24-23-12-7-21-11(8-25(12)14)10-4-5-13(22-6-10)26-9-15(2,17)18/h4-8H,3,9H2,1-2H3. The molecule has 0 aliphatic heterocycles. The average Bonchev–Trinajstić information content (AvgIpc) is 3.04. The molecule has 0 spiro atoms. The number of pyridine rings is 1. The molecule has 3 heterocycles. The molecule has 3 aromatic rings. The van der Waals surface area contributed by atoms with Gasteiger partial charge >= 0.3 is 6.11 Å². The zero-order chi connectivity index (χ0) is 19.7. The highest BCUT2D eigenvalue weighted by molar-refractivity contribution is 5.59. The summed E-state index contributed by atoms with van der Waals surface area (Å²) in [6.07, 6.45) is 0.307. The van der Waals surface area contributed by atoms with Crippen molar-refractivity contribution in [3.8, 4) is 17.1 Å². The molecule has 0 aliphatic rings. The van der Waals surface area contributed by atoms with Crippen LogP contribution in [0.4, 0.5) is 17.6 Å². The van der Waals surface area contributed by atoms with Crippen LogP contribution in [0.25, 0.3) is 16.9 Å². The number of alkyl halides is 4. The lowest BCUT2D eigenvalue weighted by atomic mass is 10.2. The Labute approximate surface area is 151 Å². The number of halogens is 4. The van der Waals surface area contributed by atoms with E-state index < -0.39 is 24.5 Å². The first-order chi connectivity index (χ1) is 12.7. The van der Waals surface area contributed by atoms with Gasteiger partial charge in [-0.15, -0.1) is 10.2 Å². The average molecular weight is 385 g/mol. The van der Waals surface area contributed by atoms with Crippen molar-refractivity contribution in [3.63, 3.8) is 0 Å². The van der Waals surface area contributed by atoms with Crippen LogP contribution in [0.5, 0.6) is 5.88 Å². The highest BCUT2D eigenvalue weighted by atomic mass is 19.3. The number of aromatic nitrogens is 5. The summed E-state index contributed by atoms with van der Waals surface area (Å²) in [4.78, 5) is 8.04. The number of hydrogen-bond acceptors (Lipinski definition) is 6. The fourth-order valence-electron chi connectivity index (χ4n) is 2.21. The topological polar surface area (TPSA) is 74.4 Å². The van der Waals surface area contributed by atoms with Crippen LogP contribution in [-0.4, -0.2) is 43.7 Å². The normalized spacial score (nSPS) is 12.5. The predicted octanol–water partition coefficient (Wildman–Crippen LogP) is 3.31. The second-order valence-electron chi connectivity index (χ2n) is 5.72. The van der Waals surface area contributed by atoms with Gasteiger partial charge in [0.1, 0.15) is 0 Å². The van der Waals surface area contributed by atoms with E-state index in [1.807, 2.05) is 0 Å². The van der Waals surface area contributed by atoms with E-state index in [2.05, 4.69) is 24.9 Å². The molecule has 0 aliphatic carbocycles. The van der Waals surface area contributed by atoms with Crippen molar-refractivity contribution in [3.05, 3.63) is 36.5 Å². The fraction of sp³-hybridized carbons (Fsp3) is 0.375. The Kier molecular flexibility index (Phi) is 4.96. The molecule has 0 aromatic carbocycles. The van der Waals surface area contributed by atoms with Gasteiger partial charge in [0.05, 0.1) is 18.5 Å². The minimum atomic E-state index is -3.62. The molecule has 27 heavy (non-hydrogen) atoms. The van der Waals surface area contributed by atoms with Gasteiger partial charge in [-0.05, 0) is 13.0 Å². The van der Waals surface area contributed by atoms with Crippen molar-refractivity contribution >= 4 is 5.65 Å². The van der Waals surface area contributed by atoms with Crippen molar-refractivity contribution < 1.29 is 27.0 Å². The van der Waals surface area contributed by atoms with Gasteiger partial charge in [-0.2, -0.15) is 8.78 Å². The molecule has 0 amide bonds. The van der Waals surface area contributed by atoms with Crippen molar-refractivity contribution in [2.75, 3.05) is 13.2 Å². The molecule has 0 saturated heterocycles. The van der Waals surface area contributed by atoms with Crippen LogP contribution in [0.1, 0.15) is 19.7 Å². The van der Waals surface area contributed by atoms with E-state index in [-0.39, 0.29) is 18.1 Å². The van der Waals surface area contributed by atoms with Crippen molar-refractivity contribution in [2.45, 2.75) is 25.9 Å². The fourth-order valence-corrected chi connectivity index (χ4v) is 2.21. The highest BCUT2D eigenvalue weighted by Gasteiger charge is 2.38. The molecule has 3 rings (SSSR count). The SMILES string of the molecule is CCOC(F)(F)c1nnc2cnc(-c3ccc(OCC(C)(F)F)nc3)cn12. The molecule has 0 bridgehead atoms. The van der Waals surface area contributed by atoms with Gasteiger partial charge in [-0.3, -0.25) is 9.38 Å². The third kappa shape index (κ3) is 4.30. The first-order valence-electron chi connectivity index (χ1n) is 7.90. The van der Waals surface area contributed by atoms with E-state index in [1.165, 1.54) is 37.6 Å². The molecule has 0 radical (unpaired) electrons. The van der Waals surface area contributed by atoms with Crippen LogP contribution < -0.4 is 4.74 Å². The zero-order valence-corrected chi connectivity index (χ0v) is 14.4. The summed E-state index contributed by atoms with van der Waals surface area (Å²) in [7, 11) is 0. The molecule has 3 aromatic heterocycles. The van der Waals surface area contributed by atoms with E-state index in [4.69, 9.17) is 4.74 Å². The second kappa shape index (κ2) is 7.06.